The van der Waals surface area contributed by atoms with E-state index in [4.69, 9.17) is 0 Å². The van der Waals surface area contributed by atoms with Crippen molar-refractivity contribution in [2.75, 3.05) is 6.54 Å². The quantitative estimate of drug-likeness (QED) is 0.896. The van der Waals surface area contributed by atoms with E-state index in [2.05, 4.69) is 38.2 Å². The van der Waals surface area contributed by atoms with Gasteiger partial charge in [0.25, 0.3) is 0 Å². The molecule has 1 rings (SSSR count). The Morgan fingerprint density at radius 2 is 2.17 bits per heavy atom. The van der Waals surface area contributed by atoms with Gasteiger partial charge in [-0.2, -0.15) is 5.10 Å². The molecule has 1 heterocycles. The van der Waals surface area contributed by atoms with Crippen molar-refractivity contribution in [2.45, 2.75) is 26.8 Å². The summed E-state index contributed by atoms with van der Waals surface area (Å²) >= 11 is 3.19. The highest BCUT2D eigenvalue weighted by atomic mass is 79.9. The minimum atomic E-state index is -0.217. The highest BCUT2D eigenvalue weighted by molar-refractivity contribution is 9.11. The van der Waals surface area contributed by atoms with Gasteiger partial charge in [0.15, 0.2) is 0 Å². The molecule has 1 aromatic rings. The normalized spacial score (nSPS) is 12.1. The van der Waals surface area contributed by atoms with Crippen molar-refractivity contribution in [2.24, 2.45) is 7.05 Å². The van der Waals surface area contributed by atoms with E-state index in [0.717, 1.165) is 21.4 Å². The lowest BCUT2D eigenvalue weighted by Gasteiger charge is -2.15. The van der Waals surface area contributed by atoms with E-state index in [1.54, 1.807) is 0 Å². The molecule has 18 heavy (non-hydrogen) atoms. The van der Waals surface area contributed by atoms with Crippen LogP contribution in [-0.4, -0.2) is 22.4 Å². The number of rotatable bonds is 4. The number of urea groups is 1. The fourth-order valence-corrected chi connectivity index (χ4v) is 2.05. The van der Waals surface area contributed by atoms with Crippen molar-refractivity contribution in [3.8, 4) is 0 Å². The minimum absolute atomic E-state index is 0.0812. The van der Waals surface area contributed by atoms with Crippen molar-refractivity contribution in [3.05, 3.63) is 28.0 Å². The van der Waals surface area contributed by atoms with Crippen LogP contribution in [0.2, 0.25) is 0 Å². The van der Waals surface area contributed by atoms with Crippen LogP contribution in [-0.2, 0) is 7.05 Å². The zero-order valence-electron chi connectivity index (χ0n) is 11.2. The number of aryl methyl sites for hydroxylation is 2. The maximum atomic E-state index is 11.6. The van der Waals surface area contributed by atoms with Gasteiger partial charge in [0.1, 0.15) is 0 Å². The molecule has 0 bridgehead atoms. The van der Waals surface area contributed by atoms with Gasteiger partial charge >= 0.3 is 6.03 Å². The van der Waals surface area contributed by atoms with Gasteiger partial charge < -0.3 is 10.6 Å². The molecular formula is C12H19BrN4O. The van der Waals surface area contributed by atoms with Gasteiger partial charge in [-0.15, -0.1) is 0 Å². The highest BCUT2D eigenvalue weighted by Gasteiger charge is 2.17. The summed E-state index contributed by atoms with van der Waals surface area (Å²) in [7, 11) is 1.90. The Hall–Kier alpha value is -1.30. The first-order valence-electron chi connectivity index (χ1n) is 5.70. The molecule has 1 aromatic heterocycles. The SMILES string of the molecule is C=C(Br)CNC(=O)N[C@H](C)c1c(C)nn(C)c1C. The molecule has 0 aliphatic heterocycles. The standard InChI is InChI=1S/C12H19BrN4O/c1-7(13)6-14-12(18)15-8(2)11-9(3)16-17(5)10(11)4/h8H,1,6H2,2-5H3,(H2,14,15,18)/t8-/m1/s1. The average Bonchev–Trinajstić information content (AvgIpc) is 2.50. The van der Waals surface area contributed by atoms with Crippen LogP contribution in [0.4, 0.5) is 4.79 Å². The number of hydrogen-bond donors (Lipinski definition) is 2. The molecule has 0 unspecified atom stereocenters. The number of hydrogen-bond acceptors (Lipinski definition) is 2. The van der Waals surface area contributed by atoms with Crippen LogP contribution in [0, 0.1) is 13.8 Å². The lowest BCUT2D eigenvalue weighted by Crippen LogP contribution is -2.37. The van der Waals surface area contributed by atoms with Gasteiger partial charge in [-0.3, -0.25) is 4.68 Å². The van der Waals surface area contributed by atoms with E-state index >= 15 is 0 Å². The predicted octanol–water partition coefficient (Wildman–Crippen LogP) is 2.31. The van der Waals surface area contributed by atoms with Crippen LogP contribution < -0.4 is 10.6 Å². The number of nitrogens with one attached hydrogen (secondary N) is 2. The fraction of sp³-hybridized carbons (Fsp3) is 0.500. The van der Waals surface area contributed by atoms with Gasteiger partial charge in [0, 0.05) is 22.8 Å². The molecule has 1 atom stereocenters. The van der Waals surface area contributed by atoms with Crippen LogP contribution in [0.15, 0.2) is 11.1 Å². The molecule has 0 fully saturated rings. The number of carbonyl (C=O) groups excluding carboxylic acids is 1. The van der Waals surface area contributed by atoms with Crippen LogP contribution in [0.1, 0.15) is 29.9 Å². The molecule has 5 nitrogen and oxygen atoms in total. The van der Waals surface area contributed by atoms with Crippen molar-refractivity contribution in [1.29, 1.82) is 0 Å². The van der Waals surface area contributed by atoms with E-state index in [1.807, 2.05) is 32.5 Å². The Balaban J connectivity index is 2.67. The maximum Gasteiger partial charge on any atom is 0.315 e. The van der Waals surface area contributed by atoms with Crippen molar-refractivity contribution < 1.29 is 4.79 Å². The molecule has 0 saturated carbocycles. The third-order valence-corrected chi connectivity index (χ3v) is 3.07. The van der Waals surface area contributed by atoms with Gasteiger partial charge in [-0.1, -0.05) is 22.5 Å². The lowest BCUT2D eigenvalue weighted by molar-refractivity contribution is 0.239. The van der Waals surface area contributed by atoms with Crippen LogP contribution >= 0.6 is 15.9 Å². The molecule has 2 N–H and O–H groups in total. The zero-order valence-corrected chi connectivity index (χ0v) is 12.8. The number of carbonyl (C=O) groups is 1. The first-order valence-corrected chi connectivity index (χ1v) is 6.50. The van der Waals surface area contributed by atoms with Crippen molar-refractivity contribution in [3.63, 3.8) is 0 Å². The smallest absolute Gasteiger partial charge is 0.315 e. The van der Waals surface area contributed by atoms with Gasteiger partial charge in [0.05, 0.1) is 18.3 Å². The van der Waals surface area contributed by atoms with Gasteiger partial charge in [-0.25, -0.2) is 4.79 Å². The fourth-order valence-electron chi connectivity index (χ4n) is 1.91. The maximum absolute atomic E-state index is 11.6. The average molecular weight is 315 g/mol. The zero-order chi connectivity index (χ0) is 13.9. The summed E-state index contributed by atoms with van der Waals surface area (Å²) in [6, 6.07) is -0.298. The second-order valence-corrected chi connectivity index (χ2v) is 5.40. The van der Waals surface area contributed by atoms with E-state index < -0.39 is 0 Å². The number of amides is 2. The minimum Gasteiger partial charge on any atom is -0.334 e. The number of aromatic nitrogens is 2. The molecule has 0 aliphatic carbocycles. The summed E-state index contributed by atoms with van der Waals surface area (Å²) in [5.41, 5.74) is 3.06. The molecule has 0 aliphatic rings. The molecular weight excluding hydrogens is 296 g/mol. The third kappa shape index (κ3) is 3.60. The summed E-state index contributed by atoms with van der Waals surface area (Å²) < 4.78 is 2.56. The summed E-state index contributed by atoms with van der Waals surface area (Å²) in [6.07, 6.45) is 0. The summed E-state index contributed by atoms with van der Waals surface area (Å²) in [5, 5.41) is 9.92. The second-order valence-electron chi connectivity index (χ2n) is 4.27. The Labute approximate surface area is 116 Å². The first kappa shape index (κ1) is 14.8. The highest BCUT2D eigenvalue weighted by Crippen LogP contribution is 2.20. The van der Waals surface area contributed by atoms with E-state index in [1.165, 1.54) is 0 Å². The monoisotopic (exact) mass is 314 g/mol. The molecule has 0 radical (unpaired) electrons. The molecule has 0 aromatic carbocycles. The lowest BCUT2D eigenvalue weighted by atomic mass is 10.1. The summed E-state index contributed by atoms with van der Waals surface area (Å²) in [6.45, 7) is 9.94. The third-order valence-electron chi connectivity index (χ3n) is 2.79. The van der Waals surface area contributed by atoms with Crippen LogP contribution in [0.5, 0.6) is 0 Å². The molecule has 6 heteroatoms. The Morgan fingerprint density at radius 1 is 1.56 bits per heavy atom. The molecule has 100 valence electrons. The van der Waals surface area contributed by atoms with Crippen LogP contribution in [0.25, 0.3) is 0 Å². The first-order chi connectivity index (χ1) is 8.32. The van der Waals surface area contributed by atoms with Crippen LogP contribution in [0.3, 0.4) is 0 Å². The number of halogens is 1. The predicted molar refractivity (Wildman–Crippen MR) is 75.7 cm³/mol. The number of nitrogens with zero attached hydrogens (tertiary/aromatic N) is 2. The summed E-state index contributed by atoms with van der Waals surface area (Å²) in [4.78, 5) is 11.6. The molecule has 0 saturated heterocycles. The Morgan fingerprint density at radius 3 is 2.61 bits per heavy atom. The topological polar surface area (TPSA) is 59.0 Å². The van der Waals surface area contributed by atoms with E-state index in [9.17, 15) is 4.79 Å². The van der Waals surface area contributed by atoms with Crippen molar-refractivity contribution >= 4 is 22.0 Å². The van der Waals surface area contributed by atoms with Gasteiger partial charge in [0.2, 0.25) is 0 Å². The van der Waals surface area contributed by atoms with E-state index in [-0.39, 0.29) is 12.1 Å². The summed E-state index contributed by atoms with van der Waals surface area (Å²) in [5.74, 6) is 0. The Kier molecular flexibility index (Phi) is 4.95. The Bertz CT molecular complexity index is 467. The molecule has 2 amide bonds. The van der Waals surface area contributed by atoms with Crippen molar-refractivity contribution in [1.82, 2.24) is 20.4 Å². The second kappa shape index (κ2) is 6.04. The van der Waals surface area contributed by atoms with Gasteiger partial charge in [-0.05, 0) is 20.8 Å². The largest absolute Gasteiger partial charge is 0.334 e. The molecule has 0 spiro atoms. The van der Waals surface area contributed by atoms with E-state index in [0.29, 0.717) is 6.54 Å².